The zero-order valence-corrected chi connectivity index (χ0v) is 20.4. The zero-order chi connectivity index (χ0) is 25.3. The lowest BCUT2D eigenvalue weighted by Crippen LogP contribution is -2.24. The van der Waals surface area contributed by atoms with Gasteiger partial charge in [0.05, 0.1) is 45.1 Å². The normalized spacial score (nSPS) is 11.3. The SMILES string of the molecule is COc1cc(OC)cc(C(C#N)=Cc2ccc(OC)c(NC(=O)CCC(=O)OC(C)(C)C)c2)c1. The first-order valence-corrected chi connectivity index (χ1v) is 10.6. The first-order chi connectivity index (χ1) is 16.1. The second kappa shape index (κ2) is 11.8. The maximum absolute atomic E-state index is 12.4. The molecule has 0 saturated carbocycles. The molecule has 0 heterocycles. The van der Waals surface area contributed by atoms with Crippen LogP contribution in [0, 0.1) is 11.3 Å². The highest BCUT2D eigenvalue weighted by Gasteiger charge is 2.18. The molecule has 0 atom stereocenters. The van der Waals surface area contributed by atoms with Crippen molar-refractivity contribution in [1.82, 2.24) is 0 Å². The summed E-state index contributed by atoms with van der Waals surface area (Å²) in [6.45, 7) is 5.31. The Hall–Kier alpha value is -3.99. The standard InChI is InChI=1S/C26H30N2O6/c1-26(2,3)34-25(30)10-9-24(29)28-22-12-17(7-8-23(22)33-6)11-19(16-27)18-13-20(31-4)15-21(14-18)32-5/h7-8,11-15H,9-10H2,1-6H3,(H,28,29). The van der Waals surface area contributed by atoms with Gasteiger partial charge in [-0.2, -0.15) is 5.26 Å². The van der Waals surface area contributed by atoms with Gasteiger partial charge in [-0.1, -0.05) is 6.07 Å². The highest BCUT2D eigenvalue weighted by atomic mass is 16.6. The van der Waals surface area contributed by atoms with Gasteiger partial charge in [-0.3, -0.25) is 9.59 Å². The van der Waals surface area contributed by atoms with E-state index in [1.165, 1.54) is 21.3 Å². The van der Waals surface area contributed by atoms with Crippen molar-refractivity contribution in [2.75, 3.05) is 26.6 Å². The number of nitrogens with zero attached hydrogens (tertiary/aromatic N) is 1. The Labute approximate surface area is 200 Å². The van der Waals surface area contributed by atoms with Crippen LogP contribution in [-0.4, -0.2) is 38.8 Å². The fourth-order valence-electron chi connectivity index (χ4n) is 3.04. The van der Waals surface area contributed by atoms with E-state index < -0.39 is 11.6 Å². The van der Waals surface area contributed by atoms with Gasteiger partial charge in [-0.15, -0.1) is 0 Å². The van der Waals surface area contributed by atoms with E-state index in [0.29, 0.717) is 39.6 Å². The lowest BCUT2D eigenvalue weighted by Gasteiger charge is -2.19. The maximum atomic E-state index is 12.4. The molecular weight excluding hydrogens is 436 g/mol. The Bertz CT molecular complexity index is 1090. The van der Waals surface area contributed by atoms with Gasteiger partial charge in [0.25, 0.3) is 0 Å². The monoisotopic (exact) mass is 466 g/mol. The quantitative estimate of drug-likeness (QED) is 0.320. The Morgan fingerprint density at radius 1 is 0.971 bits per heavy atom. The number of allylic oxidation sites excluding steroid dienone is 1. The number of hydrogen-bond donors (Lipinski definition) is 1. The van der Waals surface area contributed by atoms with Crippen molar-refractivity contribution in [3.8, 4) is 23.3 Å². The molecule has 1 amide bonds. The van der Waals surface area contributed by atoms with Gasteiger partial charge < -0.3 is 24.3 Å². The first kappa shape index (κ1) is 26.3. The lowest BCUT2D eigenvalue weighted by molar-refractivity contribution is -0.155. The number of amides is 1. The van der Waals surface area contributed by atoms with Crippen LogP contribution in [0.3, 0.4) is 0 Å². The number of esters is 1. The molecule has 0 fully saturated rings. The van der Waals surface area contributed by atoms with Gasteiger partial charge in [-0.05, 0) is 62.2 Å². The summed E-state index contributed by atoms with van der Waals surface area (Å²) in [5.74, 6) is 0.762. The highest BCUT2D eigenvalue weighted by molar-refractivity contribution is 5.95. The predicted molar refractivity (Wildman–Crippen MR) is 130 cm³/mol. The third kappa shape index (κ3) is 7.85. The van der Waals surface area contributed by atoms with Gasteiger partial charge in [-0.25, -0.2) is 0 Å². The molecule has 0 saturated heterocycles. The fraction of sp³-hybridized carbons (Fsp3) is 0.346. The average molecular weight is 467 g/mol. The van der Waals surface area contributed by atoms with E-state index >= 15 is 0 Å². The van der Waals surface area contributed by atoms with Gasteiger partial charge >= 0.3 is 5.97 Å². The molecule has 1 N–H and O–H groups in total. The Morgan fingerprint density at radius 2 is 1.62 bits per heavy atom. The van der Waals surface area contributed by atoms with Crippen molar-refractivity contribution in [2.24, 2.45) is 0 Å². The van der Waals surface area contributed by atoms with Crippen molar-refractivity contribution in [1.29, 1.82) is 5.26 Å². The number of hydrogen-bond acceptors (Lipinski definition) is 7. The minimum Gasteiger partial charge on any atom is -0.497 e. The third-order valence-corrected chi connectivity index (χ3v) is 4.57. The van der Waals surface area contributed by atoms with Gasteiger partial charge in [0.15, 0.2) is 0 Å². The van der Waals surface area contributed by atoms with Crippen molar-refractivity contribution in [2.45, 2.75) is 39.2 Å². The molecule has 0 aliphatic rings. The molecule has 0 bridgehead atoms. The second-order valence-corrected chi connectivity index (χ2v) is 8.37. The number of methoxy groups -OCH3 is 3. The predicted octanol–water partition coefficient (Wildman–Crippen LogP) is 4.84. The Morgan fingerprint density at radius 3 is 2.15 bits per heavy atom. The van der Waals surface area contributed by atoms with Crippen molar-refractivity contribution >= 4 is 29.2 Å². The van der Waals surface area contributed by atoms with E-state index in [4.69, 9.17) is 18.9 Å². The van der Waals surface area contributed by atoms with Crippen LogP contribution < -0.4 is 19.5 Å². The van der Waals surface area contributed by atoms with Crippen molar-refractivity contribution < 1.29 is 28.5 Å². The molecule has 34 heavy (non-hydrogen) atoms. The zero-order valence-electron chi connectivity index (χ0n) is 20.4. The molecule has 0 radical (unpaired) electrons. The summed E-state index contributed by atoms with van der Waals surface area (Å²) < 4.78 is 21.2. The molecule has 0 unspecified atom stereocenters. The summed E-state index contributed by atoms with van der Waals surface area (Å²) in [5, 5.41) is 12.5. The van der Waals surface area contributed by atoms with Gasteiger partial charge in [0.1, 0.15) is 22.8 Å². The lowest BCUT2D eigenvalue weighted by atomic mass is 10.0. The number of carbonyl (C=O) groups excluding carboxylic acids is 2. The summed E-state index contributed by atoms with van der Waals surface area (Å²) in [6, 6.07) is 12.5. The molecule has 180 valence electrons. The second-order valence-electron chi connectivity index (χ2n) is 8.37. The summed E-state index contributed by atoms with van der Waals surface area (Å²) in [5.41, 5.74) is 1.48. The third-order valence-electron chi connectivity index (χ3n) is 4.57. The van der Waals surface area contributed by atoms with Crippen LogP contribution in [0.1, 0.15) is 44.7 Å². The molecule has 2 aromatic carbocycles. The average Bonchev–Trinajstić information content (AvgIpc) is 2.79. The molecule has 0 aromatic heterocycles. The maximum Gasteiger partial charge on any atom is 0.306 e. The van der Waals surface area contributed by atoms with E-state index in [9.17, 15) is 14.9 Å². The minimum absolute atomic E-state index is 0.0365. The number of carbonyl (C=O) groups is 2. The molecule has 2 aromatic rings. The van der Waals surface area contributed by atoms with Crippen molar-refractivity contribution in [3.05, 3.63) is 47.5 Å². The molecule has 8 heteroatoms. The topological polar surface area (TPSA) is 107 Å². The van der Waals surface area contributed by atoms with Crippen molar-refractivity contribution in [3.63, 3.8) is 0 Å². The minimum atomic E-state index is -0.608. The van der Waals surface area contributed by atoms with E-state index in [1.54, 1.807) is 63.2 Å². The number of nitriles is 1. The highest BCUT2D eigenvalue weighted by Crippen LogP contribution is 2.30. The van der Waals surface area contributed by atoms with Crippen LogP contribution in [0.4, 0.5) is 5.69 Å². The van der Waals surface area contributed by atoms with E-state index in [-0.39, 0.29) is 18.7 Å². The Balaban J connectivity index is 2.25. The largest absolute Gasteiger partial charge is 0.497 e. The summed E-state index contributed by atoms with van der Waals surface area (Å²) in [4.78, 5) is 24.3. The summed E-state index contributed by atoms with van der Waals surface area (Å²) >= 11 is 0. The Kier molecular flexibility index (Phi) is 9.08. The molecular formula is C26H30N2O6. The first-order valence-electron chi connectivity index (χ1n) is 10.6. The molecule has 8 nitrogen and oxygen atoms in total. The van der Waals surface area contributed by atoms with Gasteiger partial charge in [0, 0.05) is 12.5 Å². The van der Waals surface area contributed by atoms with Crippen LogP contribution in [0.15, 0.2) is 36.4 Å². The molecule has 2 rings (SSSR count). The van der Waals surface area contributed by atoms with Crippen LogP contribution in [-0.2, 0) is 14.3 Å². The molecule has 0 spiro atoms. The number of benzene rings is 2. The molecule has 0 aliphatic carbocycles. The smallest absolute Gasteiger partial charge is 0.306 e. The van der Waals surface area contributed by atoms with Crippen LogP contribution >= 0.6 is 0 Å². The van der Waals surface area contributed by atoms with Crippen LogP contribution in [0.25, 0.3) is 11.6 Å². The number of anilines is 1. The summed E-state index contributed by atoms with van der Waals surface area (Å²) in [7, 11) is 4.57. The van der Waals surface area contributed by atoms with E-state index in [2.05, 4.69) is 11.4 Å². The molecule has 0 aliphatic heterocycles. The van der Waals surface area contributed by atoms with E-state index in [0.717, 1.165) is 0 Å². The van der Waals surface area contributed by atoms with Gasteiger partial charge in [0.2, 0.25) is 5.91 Å². The summed E-state index contributed by atoms with van der Waals surface area (Å²) in [6.07, 6.45) is 1.61. The fourth-order valence-corrected chi connectivity index (χ4v) is 3.04. The number of rotatable bonds is 9. The number of nitrogens with one attached hydrogen (secondary N) is 1. The van der Waals surface area contributed by atoms with E-state index in [1.807, 2.05) is 0 Å². The van der Waals surface area contributed by atoms with Crippen LogP contribution in [0.2, 0.25) is 0 Å². The number of ether oxygens (including phenoxy) is 4. The van der Waals surface area contributed by atoms with Crippen LogP contribution in [0.5, 0.6) is 17.2 Å².